The van der Waals surface area contributed by atoms with Crippen molar-refractivity contribution in [1.82, 2.24) is 15.1 Å². The van der Waals surface area contributed by atoms with E-state index in [1.165, 1.54) is 0 Å². The van der Waals surface area contributed by atoms with Crippen LogP contribution in [0.4, 0.5) is 5.69 Å². The maximum atomic E-state index is 5.95. The zero-order valence-corrected chi connectivity index (χ0v) is 13.0. The first-order valence-corrected chi connectivity index (χ1v) is 7.58. The van der Waals surface area contributed by atoms with E-state index >= 15 is 0 Å². The van der Waals surface area contributed by atoms with E-state index in [1.54, 1.807) is 11.3 Å². The molecule has 5 nitrogen and oxygen atoms in total. The largest absolute Gasteiger partial charge is 0.398 e. The van der Waals surface area contributed by atoms with Gasteiger partial charge in [0.1, 0.15) is 5.01 Å². The monoisotopic (exact) mass is 350 g/mol. The molecule has 0 amide bonds. The number of hydrogen-bond acceptors (Lipinski definition) is 6. The van der Waals surface area contributed by atoms with Crippen LogP contribution in [0.15, 0.2) is 32.6 Å². The number of nitrogen functional groups attached to an aromatic ring is 1. The summed E-state index contributed by atoms with van der Waals surface area (Å²) in [6.07, 6.45) is 0.568. The van der Waals surface area contributed by atoms with E-state index in [2.05, 4.69) is 31.1 Å². The van der Waals surface area contributed by atoms with Crippen molar-refractivity contribution in [2.24, 2.45) is 0 Å². The van der Waals surface area contributed by atoms with Crippen molar-refractivity contribution in [3.63, 3.8) is 0 Å². The van der Waals surface area contributed by atoms with Crippen LogP contribution in [0.3, 0.4) is 0 Å². The zero-order valence-electron chi connectivity index (χ0n) is 10.6. The van der Waals surface area contributed by atoms with Crippen LogP contribution >= 0.6 is 27.3 Å². The van der Waals surface area contributed by atoms with Crippen LogP contribution < -0.4 is 5.73 Å². The van der Waals surface area contributed by atoms with E-state index in [1.807, 2.05) is 30.5 Å². The van der Waals surface area contributed by atoms with Crippen molar-refractivity contribution in [3.05, 3.63) is 44.6 Å². The maximum Gasteiger partial charge on any atom is 0.260 e. The summed E-state index contributed by atoms with van der Waals surface area (Å²) in [6.45, 7) is 1.96. The normalized spacial score (nSPS) is 10.9. The average Bonchev–Trinajstić information content (AvgIpc) is 2.99. The lowest BCUT2D eigenvalue weighted by Gasteiger charge is -2.00. The lowest BCUT2D eigenvalue weighted by molar-refractivity contribution is 0.424. The van der Waals surface area contributed by atoms with Gasteiger partial charge in [-0.25, -0.2) is 4.98 Å². The summed E-state index contributed by atoms with van der Waals surface area (Å²) in [5.41, 5.74) is 8.29. The fourth-order valence-electron chi connectivity index (χ4n) is 1.78. The summed E-state index contributed by atoms with van der Waals surface area (Å²) in [5, 5.41) is 6.95. The molecule has 2 heterocycles. The minimum Gasteiger partial charge on any atom is -0.398 e. The number of nitrogens with zero attached hydrogens (tertiary/aromatic N) is 3. The van der Waals surface area contributed by atoms with E-state index in [0.29, 0.717) is 23.8 Å². The zero-order chi connectivity index (χ0) is 14.1. The molecule has 1 aromatic carbocycles. The van der Waals surface area contributed by atoms with E-state index in [0.717, 1.165) is 20.7 Å². The van der Waals surface area contributed by atoms with Gasteiger partial charge in [0.15, 0.2) is 5.82 Å². The third-order valence-corrected chi connectivity index (χ3v) is 4.15. The first-order valence-electron chi connectivity index (χ1n) is 5.91. The van der Waals surface area contributed by atoms with Gasteiger partial charge >= 0.3 is 0 Å². The molecule has 0 spiro atoms. The van der Waals surface area contributed by atoms with Crippen molar-refractivity contribution in [3.8, 4) is 11.5 Å². The Morgan fingerprint density at radius 1 is 1.35 bits per heavy atom. The standard InChI is InChI=1S/C13H11BrN4OS/c1-7-6-20-12(16-7)5-11-17-13(19-18-11)9-3-2-8(14)4-10(9)15/h2-4,6H,5,15H2,1H3. The quantitative estimate of drug-likeness (QED) is 0.732. The fraction of sp³-hybridized carbons (Fsp3) is 0.154. The van der Waals surface area contributed by atoms with Crippen molar-refractivity contribution in [1.29, 1.82) is 0 Å². The summed E-state index contributed by atoms with van der Waals surface area (Å²) < 4.78 is 6.18. The van der Waals surface area contributed by atoms with Gasteiger partial charge in [-0.3, -0.25) is 0 Å². The number of rotatable bonds is 3. The Kier molecular flexibility index (Phi) is 3.54. The number of benzene rings is 1. The third-order valence-electron chi connectivity index (χ3n) is 2.69. The summed E-state index contributed by atoms with van der Waals surface area (Å²) in [4.78, 5) is 8.75. The summed E-state index contributed by atoms with van der Waals surface area (Å²) in [5.74, 6) is 1.04. The molecule has 0 aliphatic rings. The van der Waals surface area contributed by atoms with E-state index < -0.39 is 0 Å². The van der Waals surface area contributed by atoms with Crippen molar-refractivity contribution >= 4 is 33.0 Å². The fourth-order valence-corrected chi connectivity index (χ4v) is 2.93. The van der Waals surface area contributed by atoms with E-state index in [-0.39, 0.29) is 0 Å². The van der Waals surface area contributed by atoms with Gasteiger partial charge in [-0.15, -0.1) is 11.3 Å². The third kappa shape index (κ3) is 2.73. The molecule has 0 fully saturated rings. The number of halogens is 1. The second-order valence-corrected chi connectivity index (χ2v) is 6.17. The highest BCUT2D eigenvalue weighted by atomic mass is 79.9. The molecule has 0 unspecified atom stereocenters. The van der Waals surface area contributed by atoms with Gasteiger partial charge in [0.2, 0.25) is 0 Å². The van der Waals surface area contributed by atoms with E-state index in [4.69, 9.17) is 10.3 Å². The highest BCUT2D eigenvalue weighted by molar-refractivity contribution is 9.10. The summed E-state index contributed by atoms with van der Waals surface area (Å²) >= 11 is 4.96. The molecule has 0 bridgehead atoms. The predicted molar refractivity (Wildman–Crippen MR) is 81.5 cm³/mol. The van der Waals surface area contributed by atoms with Gasteiger partial charge in [-0.1, -0.05) is 21.1 Å². The number of aromatic nitrogens is 3. The minimum absolute atomic E-state index is 0.429. The molecule has 0 aliphatic carbocycles. The molecule has 2 aromatic heterocycles. The smallest absolute Gasteiger partial charge is 0.260 e. The first-order chi connectivity index (χ1) is 9.61. The van der Waals surface area contributed by atoms with Crippen LogP contribution in [0.2, 0.25) is 0 Å². The van der Waals surface area contributed by atoms with Crippen LogP contribution in [0.25, 0.3) is 11.5 Å². The summed E-state index contributed by atoms with van der Waals surface area (Å²) in [7, 11) is 0. The molecule has 2 N–H and O–H groups in total. The van der Waals surface area contributed by atoms with Crippen LogP contribution in [0.5, 0.6) is 0 Å². The highest BCUT2D eigenvalue weighted by Crippen LogP contribution is 2.27. The number of thiazole rings is 1. The number of aryl methyl sites for hydroxylation is 1. The second-order valence-electron chi connectivity index (χ2n) is 4.31. The van der Waals surface area contributed by atoms with Crippen LogP contribution in [0, 0.1) is 6.92 Å². The van der Waals surface area contributed by atoms with Crippen LogP contribution in [0.1, 0.15) is 16.5 Å². The molecule has 0 aliphatic heterocycles. The maximum absolute atomic E-state index is 5.95. The molecule has 0 saturated carbocycles. The number of nitrogens with two attached hydrogens (primary N) is 1. The number of anilines is 1. The molecule has 0 atom stereocenters. The molecule has 0 saturated heterocycles. The Morgan fingerprint density at radius 3 is 2.90 bits per heavy atom. The van der Waals surface area contributed by atoms with E-state index in [9.17, 15) is 0 Å². The molecule has 0 radical (unpaired) electrons. The van der Waals surface area contributed by atoms with Gasteiger partial charge in [0.25, 0.3) is 5.89 Å². The lowest BCUT2D eigenvalue weighted by atomic mass is 10.2. The Labute approximate surface area is 128 Å². The SMILES string of the molecule is Cc1csc(Cc2noc(-c3ccc(Br)cc3N)n2)n1. The van der Waals surface area contributed by atoms with Gasteiger partial charge in [-0.2, -0.15) is 4.98 Å². The summed E-state index contributed by atoms with van der Waals surface area (Å²) in [6, 6.07) is 5.55. The van der Waals surface area contributed by atoms with Crippen LogP contribution in [-0.4, -0.2) is 15.1 Å². The van der Waals surface area contributed by atoms with Gasteiger partial charge in [0.05, 0.1) is 12.0 Å². The second kappa shape index (κ2) is 5.34. The Balaban J connectivity index is 1.86. The molecule has 20 heavy (non-hydrogen) atoms. The van der Waals surface area contributed by atoms with Crippen molar-refractivity contribution in [2.45, 2.75) is 13.3 Å². The molecule has 102 valence electrons. The lowest BCUT2D eigenvalue weighted by Crippen LogP contribution is -1.92. The Hall–Kier alpha value is -1.73. The minimum atomic E-state index is 0.429. The Morgan fingerprint density at radius 2 is 2.20 bits per heavy atom. The van der Waals surface area contributed by atoms with Gasteiger partial charge < -0.3 is 10.3 Å². The molecule has 7 heteroatoms. The van der Waals surface area contributed by atoms with Crippen molar-refractivity contribution in [2.75, 3.05) is 5.73 Å². The molecular weight excluding hydrogens is 340 g/mol. The van der Waals surface area contributed by atoms with Gasteiger partial charge in [0, 0.05) is 21.2 Å². The van der Waals surface area contributed by atoms with Crippen LogP contribution in [-0.2, 0) is 6.42 Å². The topological polar surface area (TPSA) is 77.8 Å². The first kappa shape index (κ1) is 13.3. The number of hydrogen-bond donors (Lipinski definition) is 1. The molecule has 3 aromatic rings. The predicted octanol–water partition coefficient (Wildman–Crippen LogP) is 3.44. The highest BCUT2D eigenvalue weighted by Gasteiger charge is 2.13. The van der Waals surface area contributed by atoms with Crippen molar-refractivity contribution < 1.29 is 4.52 Å². The molecular formula is C13H11BrN4OS. The molecule has 3 rings (SSSR count). The average molecular weight is 351 g/mol. The Bertz CT molecular complexity index is 752. The van der Waals surface area contributed by atoms with Gasteiger partial charge in [-0.05, 0) is 25.1 Å².